The van der Waals surface area contributed by atoms with E-state index in [0.29, 0.717) is 13.1 Å². The van der Waals surface area contributed by atoms with Crippen molar-refractivity contribution in [3.63, 3.8) is 0 Å². The summed E-state index contributed by atoms with van der Waals surface area (Å²) in [5.74, 6) is -0.204. The highest BCUT2D eigenvalue weighted by atomic mass is 16.2. The highest BCUT2D eigenvalue weighted by Crippen LogP contribution is 2.13. The molecular formula is C13H17N3O2. The van der Waals surface area contributed by atoms with Gasteiger partial charge in [0.2, 0.25) is 5.91 Å². The SMILES string of the molecule is Cc1cc(C)cc(NCC(=O)N2CCNC2=O)c1. The van der Waals surface area contributed by atoms with Crippen molar-refractivity contribution >= 4 is 17.6 Å². The monoisotopic (exact) mass is 247 g/mol. The molecule has 0 saturated carbocycles. The minimum absolute atomic E-state index is 0.135. The van der Waals surface area contributed by atoms with Gasteiger partial charge < -0.3 is 10.6 Å². The maximum Gasteiger partial charge on any atom is 0.324 e. The summed E-state index contributed by atoms with van der Waals surface area (Å²) in [5.41, 5.74) is 3.19. The topological polar surface area (TPSA) is 61.4 Å². The lowest BCUT2D eigenvalue weighted by Crippen LogP contribution is -2.38. The van der Waals surface area contributed by atoms with E-state index >= 15 is 0 Å². The lowest BCUT2D eigenvalue weighted by atomic mass is 10.1. The molecule has 0 spiro atoms. The van der Waals surface area contributed by atoms with E-state index in [4.69, 9.17) is 0 Å². The molecule has 5 heteroatoms. The molecule has 5 nitrogen and oxygen atoms in total. The first kappa shape index (κ1) is 12.4. The molecule has 3 amide bonds. The average molecular weight is 247 g/mol. The van der Waals surface area contributed by atoms with Crippen molar-refractivity contribution in [3.8, 4) is 0 Å². The van der Waals surface area contributed by atoms with Crippen LogP contribution in [0.1, 0.15) is 11.1 Å². The van der Waals surface area contributed by atoms with Crippen LogP contribution in [-0.4, -0.2) is 36.5 Å². The Hall–Kier alpha value is -2.04. The lowest BCUT2D eigenvalue weighted by molar-refractivity contribution is -0.125. The first-order chi connectivity index (χ1) is 8.56. The van der Waals surface area contributed by atoms with E-state index in [1.807, 2.05) is 26.0 Å². The first-order valence-electron chi connectivity index (χ1n) is 5.96. The maximum absolute atomic E-state index is 11.8. The Morgan fingerprint density at radius 3 is 2.56 bits per heavy atom. The summed E-state index contributed by atoms with van der Waals surface area (Å²) in [6.45, 7) is 5.14. The van der Waals surface area contributed by atoms with Gasteiger partial charge in [0.25, 0.3) is 0 Å². The summed E-state index contributed by atoms with van der Waals surface area (Å²) in [7, 11) is 0. The fraction of sp³-hybridized carbons (Fsp3) is 0.385. The number of carbonyl (C=O) groups excluding carboxylic acids is 2. The number of rotatable bonds is 3. The van der Waals surface area contributed by atoms with Gasteiger partial charge in [0, 0.05) is 18.8 Å². The minimum atomic E-state index is -0.303. The summed E-state index contributed by atoms with van der Waals surface area (Å²) < 4.78 is 0. The van der Waals surface area contributed by atoms with Crippen molar-refractivity contribution in [1.82, 2.24) is 10.2 Å². The molecule has 18 heavy (non-hydrogen) atoms. The van der Waals surface area contributed by atoms with Gasteiger partial charge in [0.1, 0.15) is 0 Å². The van der Waals surface area contributed by atoms with Gasteiger partial charge in [0.05, 0.1) is 6.54 Å². The number of nitrogens with one attached hydrogen (secondary N) is 2. The van der Waals surface area contributed by atoms with Crippen LogP contribution in [0.15, 0.2) is 18.2 Å². The normalized spacial score (nSPS) is 14.6. The Bertz CT molecular complexity index is 465. The Balaban J connectivity index is 1.95. The van der Waals surface area contributed by atoms with Crippen LogP contribution in [0.4, 0.5) is 10.5 Å². The Morgan fingerprint density at radius 2 is 2.00 bits per heavy atom. The summed E-state index contributed by atoms with van der Waals surface area (Å²) in [6.07, 6.45) is 0. The van der Waals surface area contributed by atoms with E-state index < -0.39 is 0 Å². The molecule has 2 N–H and O–H groups in total. The molecule has 0 aliphatic carbocycles. The number of nitrogens with zero attached hydrogens (tertiary/aromatic N) is 1. The third kappa shape index (κ3) is 2.80. The quantitative estimate of drug-likeness (QED) is 0.845. The van der Waals surface area contributed by atoms with Crippen molar-refractivity contribution in [2.45, 2.75) is 13.8 Å². The zero-order valence-corrected chi connectivity index (χ0v) is 10.6. The number of amides is 3. The standard InChI is InChI=1S/C13H17N3O2/c1-9-5-10(2)7-11(6-9)15-8-12(17)16-4-3-14-13(16)18/h5-7,15H,3-4,8H2,1-2H3,(H,14,18). The van der Waals surface area contributed by atoms with E-state index in [1.165, 1.54) is 4.90 Å². The van der Waals surface area contributed by atoms with E-state index in [2.05, 4.69) is 16.7 Å². The molecule has 2 rings (SSSR count). The summed E-state index contributed by atoms with van der Waals surface area (Å²) in [5, 5.41) is 5.66. The van der Waals surface area contributed by atoms with Crippen molar-refractivity contribution < 1.29 is 9.59 Å². The molecule has 0 unspecified atom stereocenters. The molecule has 1 saturated heterocycles. The van der Waals surface area contributed by atoms with E-state index in [0.717, 1.165) is 16.8 Å². The number of hydrogen-bond acceptors (Lipinski definition) is 3. The summed E-state index contributed by atoms with van der Waals surface area (Å²) in [4.78, 5) is 24.3. The van der Waals surface area contributed by atoms with Crippen LogP contribution in [0.3, 0.4) is 0 Å². The third-order valence-corrected chi connectivity index (χ3v) is 2.82. The van der Waals surface area contributed by atoms with Crippen LogP contribution in [0.5, 0.6) is 0 Å². The minimum Gasteiger partial charge on any atom is -0.376 e. The van der Waals surface area contributed by atoms with E-state index in [9.17, 15) is 9.59 Å². The molecule has 96 valence electrons. The lowest BCUT2D eigenvalue weighted by Gasteiger charge is -2.13. The van der Waals surface area contributed by atoms with Gasteiger partial charge in [-0.2, -0.15) is 0 Å². The molecule has 1 aliphatic rings. The second kappa shape index (κ2) is 5.08. The first-order valence-corrected chi connectivity index (χ1v) is 5.96. The van der Waals surface area contributed by atoms with Crippen molar-refractivity contribution in [2.75, 3.05) is 25.0 Å². The number of aryl methyl sites for hydroxylation is 2. The summed E-state index contributed by atoms with van der Waals surface area (Å²) in [6, 6.07) is 5.72. The van der Waals surface area contributed by atoms with Crippen LogP contribution < -0.4 is 10.6 Å². The molecule has 1 heterocycles. The van der Waals surface area contributed by atoms with Crippen LogP contribution >= 0.6 is 0 Å². The van der Waals surface area contributed by atoms with Crippen molar-refractivity contribution in [3.05, 3.63) is 29.3 Å². The van der Waals surface area contributed by atoms with Gasteiger partial charge >= 0.3 is 6.03 Å². The second-order valence-corrected chi connectivity index (χ2v) is 4.51. The Morgan fingerprint density at radius 1 is 1.33 bits per heavy atom. The highest BCUT2D eigenvalue weighted by Gasteiger charge is 2.25. The largest absolute Gasteiger partial charge is 0.376 e. The van der Waals surface area contributed by atoms with Crippen LogP contribution in [0.2, 0.25) is 0 Å². The van der Waals surface area contributed by atoms with E-state index in [1.54, 1.807) is 0 Å². The molecule has 0 aromatic heterocycles. The van der Waals surface area contributed by atoms with Gasteiger partial charge in [-0.15, -0.1) is 0 Å². The number of benzene rings is 1. The van der Waals surface area contributed by atoms with Crippen molar-refractivity contribution in [2.24, 2.45) is 0 Å². The smallest absolute Gasteiger partial charge is 0.324 e. The number of imide groups is 1. The molecule has 1 aliphatic heterocycles. The van der Waals surface area contributed by atoms with Crippen molar-refractivity contribution in [1.29, 1.82) is 0 Å². The second-order valence-electron chi connectivity index (χ2n) is 4.51. The van der Waals surface area contributed by atoms with Gasteiger partial charge in [-0.25, -0.2) is 4.79 Å². The summed E-state index contributed by atoms with van der Waals surface area (Å²) >= 11 is 0. The van der Waals surface area contributed by atoms with Crippen LogP contribution in [0, 0.1) is 13.8 Å². The van der Waals surface area contributed by atoms with Crippen LogP contribution in [0.25, 0.3) is 0 Å². The Labute approximate surface area is 106 Å². The molecule has 0 atom stereocenters. The molecular weight excluding hydrogens is 230 g/mol. The molecule has 1 aromatic rings. The fourth-order valence-electron chi connectivity index (χ4n) is 2.06. The number of hydrogen-bond donors (Lipinski definition) is 2. The molecule has 1 aromatic carbocycles. The predicted molar refractivity (Wildman–Crippen MR) is 69.5 cm³/mol. The maximum atomic E-state index is 11.8. The predicted octanol–water partition coefficient (Wildman–Crippen LogP) is 1.27. The number of urea groups is 1. The molecule has 0 bridgehead atoms. The average Bonchev–Trinajstić information content (AvgIpc) is 2.71. The third-order valence-electron chi connectivity index (χ3n) is 2.82. The number of carbonyl (C=O) groups is 2. The zero-order chi connectivity index (χ0) is 13.1. The Kier molecular flexibility index (Phi) is 3.50. The highest BCUT2D eigenvalue weighted by molar-refractivity contribution is 5.97. The van der Waals surface area contributed by atoms with Gasteiger partial charge in [-0.1, -0.05) is 6.07 Å². The number of anilines is 1. The van der Waals surface area contributed by atoms with Gasteiger partial charge in [0.15, 0.2) is 0 Å². The van der Waals surface area contributed by atoms with E-state index in [-0.39, 0.29) is 18.5 Å². The molecule has 1 fully saturated rings. The fourth-order valence-corrected chi connectivity index (χ4v) is 2.06. The van der Waals surface area contributed by atoms with Crippen LogP contribution in [-0.2, 0) is 4.79 Å². The van der Waals surface area contributed by atoms with Gasteiger partial charge in [-0.3, -0.25) is 9.69 Å². The van der Waals surface area contributed by atoms with Gasteiger partial charge in [-0.05, 0) is 37.1 Å². The zero-order valence-electron chi connectivity index (χ0n) is 10.6. The molecule has 0 radical (unpaired) electrons.